The molecule has 1 saturated heterocycles. The third-order valence-corrected chi connectivity index (χ3v) is 3.46. The zero-order valence-electron chi connectivity index (χ0n) is 13.5. The number of benzene rings is 1. The van der Waals surface area contributed by atoms with Gasteiger partial charge in [-0.2, -0.15) is 0 Å². The van der Waals surface area contributed by atoms with Crippen LogP contribution in [0.5, 0.6) is 0 Å². The molecule has 8 nitrogen and oxygen atoms in total. The van der Waals surface area contributed by atoms with Gasteiger partial charge in [0, 0.05) is 20.2 Å². The molecule has 1 aliphatic rings. The topological polar surface area (TPSA) is 85.4 Å². The molecular formula is C16H20N2O6. The average Bonchev–Trinajstić information content (AvgIpc) is 3.09. The molecule has 0 aromatic heterocycles. The molecule has 1 aromatic rings. The predicted molar refractivity (Wildman–Crippen MR) is 82.2 cm³/mol. The number of nitrogens with zero attached hydrogens (tertiary/aromatic N) is 2. The Kier molecular flexibility index (Phi) is 6.56. The fourth-order valence-corrected chi connectivity index (χ4v) is 2.32. The summed E-state index contributed by atoms with van der Waals surface area (Å²) in [5, 5.41) is 2.33. The van der Waals surface area contributed by atoms with Gasteiger partial charge in [0.15, 0.2) is 0 Å². The summed E-state index contributed by atoms with van der Waals surface area (Å²) in [6.45, 7) is 0.565. The van der Waals surface area contributed by atoms with Crippen LogP contribution in [-0.2, 0) is 30.5 Å². The highest BCUT2D eigenvalue weighted by Crippen LogP contribution is 2.13. The SMILES string of the molecule is COCC(=O)N1CCCN1C(=O)OOC(=O)CCc1ccccc1. The zero-order chi connectivity index (χ0) is 17.4. The minimum Gasteiger partial charge on any atom is -0.375 e. The van der Waals surface area contributed by atoms with Crippen molar-refractivity contribution < 1.29 is 28.9 Å². The number of hydrogen-bond donors (Lipinski definition) is 0. The van der Waals surface area contributed by atoms with Crippen molar-refractivity contribution in [3.63, 3.8) is 0 Å². The first-order valence-corrected chi connectivity index (χ1v) is 7.64. The van der Waals surface area contributed by atoms with Crippen molar-refractivity contribution in [3.8, 4) is 0 Å². The monoisotopic (exact) mass is 336 g/mol. The third-order valence-electron chi connectivity index (χ3n) is 3.46. The first kappa shape index (κ1) is 17.7. The summed E-state index contributed by atoms with van der Waals surface area (Å²) in [5.74, 6) is -1.01. The molecule has 1 aromatic carbocycles. The van der Waals surface area contributed by atoms with Crippen LogP contribution in [0.4, 0.5) is 4.79 Å². The number of hydrogen-bond acceptors (Lipinski definition) is 6. The summed E-state index contributed by atoms with van der Waals surface area (Å²) < 4.78 is 4.76. The van der Waals surface area contributed by atoms with Gasteiger partial charge in [-0.1, -0.05) is 30.3 Å². The van der Waals surface area contributed by atoms with Crippen molar-refractivity contribution in [2.24, 2.45) is 0 Å². The van der Waals surface area contributed by atoms with Crippen molar-refractivity contribution in [1.29, 1.82) is 0 Å². The van der Waals surface area contributed by atoms with Crippen LogP contribution in [0.25, 0.3) is 0 Å². The van der Waals surface area contributed by atoms with E-state index in [0.29, 0.717) is 25.9 Å². The molecule has 1 heterocycles. The van der Waals surface area contributed by atoms with Gasteiger partial charge in [-0.05, 0) is 18.4 Å². The van der Waals surface area contributed by atoms with E-state index in [9.17, 15) is 14.4 Å². The van der Waals surface area contributed by atoms with E-state index < -0.39 is 12.1 Å². The second-order valence-corrected chi connectivity index (χ2v) is 5.22. The standard InChI is InChI=1S/C16H20N2O6/c1-22-12-14(19)17-10-5-11-18(17)16(21)24-23-15(20)9-8-13-6-3-2-4-7-13/h2-4,6-7H,5,8-12H2,1H3. The van der Waals surface area contributed by atoms with Crippen LogP contribution in [0.3, 0.4) is 0 Å². The van der Waals surface area contributed by atoms with Crippen LogP contribution >= 0.6 is 0 Å². The molecule has 0 aliphatic carbocycles. The number of carbonyl (C=O) groups is 3. The highest BCUT2D eigenvalue weighted by Gasteiger charge is 2.32. The Balaban J connectivity index is 1.75. The Morgan fingerprint density at radius 2 is 1.75 bits per heavy atom. The fourth-order valence-electron chi connectivity index (χ4n) is 2.32. The summed E-state index contributed by atoms with van der Waals surface area (Å²) in [6.07, 6.45) is 0.292. The Labute approximate surface area is 139 Å². The molecule has 0 bridgehead atoms. The highest BCUT2D eigenvalue weighted by atomic mass is 17.2. The molecule has 2 amide bonds. The van der Waals surface area contributed by atoms with E-state index in [1.165, 1.54) is 12.1 Å². The van der Waals surface area contributed by atoms with Gasteiger partial charge in [-0.3, -0.25) is 4.79 Å². The minimum absolute atomic E-state index is 0.0869. The van der Waals surface area contributed by atoms with Gasteiger partial charge in [-0.15, -0.1) is 0 Å². The normalized spacial score (nSPS) is 13.7. The molecule has 0 saturated carbocycles. The van der Waals surface area contributed by atoms with Crippen LogP contribution in [0.2, 0.25) is 0 Å². The number of aryl methyl sites for hydroxylation is 1. The molecule has 0 radical (unpaired) electrons. The van der Waals surface area contributed by atoms with Crippen molar-refractivity contribution in [2.75, 3.05) is 26.8 Å². The molecule has 130 valence electrons. The lowest BCUT2D eigenvalue weighted by Gasteiger charge is -2.25. The number of ether oxygens (including phenoxy) is 1. The second kappa shape index (κ2) is 8.88. The van der Waals surface area contributed by atoms with Crippen LogP contribution in [0, 0.1) is 0 Å². The first-order valence-electron chi connectivity index (χ1n) is 7.64. The lowest BCUT2D eigenvalue weighted by atomic mass is 10.1. The molecule has 1 aliphatic heterocycles. The summed E-state index contributed by atoms with van der Waals surface area (Å²) in [5.41, 5.74) is 0.983. The van der Waals surface area contributed by atoms with Crippen molar-refractivity contribution in [2.45, 2.75) is 19.3 Å². The van der Waals surface area contributed by atoms with Gasteiger partial charge in [-0.25, -0.2) is 29.4 Å². The largest absolute Gasteiger partial charge is 0.471 e. The van der Waals surface area contributed by atoms with Crippen LogP contribution in [0.15, 0.2) is 30.3 Å². The lowest BCUT2D eigenvalue weighted by molar-refractivity contribution is -0.241. The molecule has 0 unspecified atom stereocenters. The number of carbonyl (C=O) groups excluding carboxylic acids is 3. The highest BCUT2D eigenvalue weighted by molar-refractivity contribution is 5.81. The smallest absolute Gasteiger partial charge is 0.375 e. The van der Waals surface area contributed by atoms with E-state index in [4.69, 9.17) is 4.74 Å². The van der Waals surface area contributed by atoms with Crippen molar-refractivity contribution >= 4 is 18.0 Å². The van der Waals surface area contributed by atoms with Gasteiger partial charge in [0.05, 0.1) is 6.42 Å². The van der Waals surface area contributed by atoms with E-state index >= 15 is 0 Å². The second-order valence-electron chi connectivity index (χ2n) is 5.22. The Morgan fingerprint density at radius 1 is 1.04 bits per heavy atom. The van der Waals surface area contributed by atoms with E-state index in [-0.39, 0.29) is 18.9 Å². The summed E-state index contributed by atoms with van der Waals surface area (Å²) >= 11 is 0. The number of rotatable bonds is 5. The number of amides is 2. The Morgan fingerprint density at radius 3 is 2.46 bits per heavy atom. The Bertz CT molecular complexity index is 577. The fraction of sp³-hybridized carbons (Fsp3) is 0.438. The van der Waals surface area contributed by atoms with Gasteiger partial charge in [0.1, 0.15) is 6.61 Å². The Hall–Kier alpha value is -2.61. The molecule has 0 atom stereocenters. The van der Waals surface area contributed by atoms with E-state index in [2.05, 4.69) is 9.78 Å². The molecule has 24 heavy (non-hydrogen) atoms. The maximum atomic E-state index is 11.9. The van der Waals surface area contributed by atoms with Gasteiger partial charge >= 0.3 is 12.1 Å². The first-order chi connectivity index (χ1) is 11.6. The van der Waals surface area contributed by atoms with Gasteiger partial charge in [0.2, 0.25) is 0 Å². The number of hydrazine groups is 1. The third kappa shape index (κ3) is 4.95. The summed E-state index contributed by atoms with van der Waals surface area (Å²) in [6, 6.07) is 9.42. The summed E-state index contributed by atoms with van der Waals surface area (Å²) in [4.78, 5) is 44.4. The summed E-state index contributed by atoms with van der Waals surface area (Å²) in [7, 11) is 1.39. The van der Waals surface area contributed by atoms with Crippen LogP contribution < -0.4 is 0 Å². The van der Waals surface area contributed by atoms with Crippen LogP contribution in [-0.4, -0.2) is 54.8 Å². The molecule has 0 N–H and O–H groups in total. The lowest BCUT2D eigenvalue weighted by Crippen LogP contribution is -2.46. The average molecular weight is 336 g/mol. The minimum atomic E-state index is -0.898. The molecule has 0 spiro atoms. The molecular weight excluding hydrogens is 316 g/mol. The molecule has 2 rings (SSSR count). The van der Waals surface area contributed by atoms with Gasteiger partial charge in [0.25, 0.3) is 5.91 Å². The number of methoxy groups -OCH3 is 1. The quantitative estimate of drug-likeness (QED) is 0.595. The predicted octanol–water partition coefficient (Wildman–Crippen LogP) is 1.31. The maximum absolute atomic E-state index is 11.9. The van der Waals surface area contributed by atoms with E-state index in [0.717, 1.165) is 10.6 Å². The van der Waals surface area contributed by atoms with Crippen LogP contribution in [0.1, 0.15) is 18.4 Å². The molecule has 1 fully saturated rings. The zero-order valence-corrected chi connectivity index (χ0v) is 13.5. The molecule has 8 heteroatoms. The van der Waals surface area contributed by atoms with E-state index in [1.807, 2.05) is 30.3 Å². The van der Waals surface area contributed by atoms with Gasteiger partial charge < -0.3 is 4.74 Å². The van der Waals surface area contributed by atoms with Crippen molar-refractivity contribution in [1.82, 2.24) is 10.0 Å². The van der Waals surface area contributed by atoms with E-state index in [1.54, 1.807) is 0 Å². The maximum Gasteiger partial charge on any atom is 0.471 e. The van der Waals surface area contributed by atoms with Crippen molar-refractivity contribution in [3.05, 3.63) is 35.9 Å².